The molecule has 0 aromatic heterocycles. The molecule has 0 bridgehead atoms. The number of rotatable bonds is 10. The van der Waals surface area contributed by atoms with Gasteiger partial charge in [0, 0.05) is 6.07 Å². The fourth-order valence-corrected chi connectivity index (χ4v) is 7.24. The Bertz CT molecular complexity index is 1260. The molecular weight excluding hydrogens is 712 g/mol. The Kier molecular flexibility index (Phi) is 12.1. The second-order valence-corrected chi connectivity index (χ2v) is 13.4. The summed E-state index contributed by atoms with van der Waals surface area (Å²) in [5.41, 5.74) is -12.1. The summed E-state index contributed by atoms with van der Waals surface area (Å²) in [5.74, 6) is -0.413. The minimum absolute atomic E-state index is 0.206. The van der Waals surface area contributed by atoms with Crippen molar-refractivity contribution in [3.05, 3.63) is 24.3 Å². The minimum atomic E-state index is -3.10. The molecule has 22 nitrogen and oxygen atoms in total. The second kappa shape index (κ2) is 15.3. The first-order chi connectivity index (χ1) is 24.4. The van der Waals surface area contributed by atoms with Crippen molar-refractivity contribution in [3.63, 3.8) is 0 Å². The van der Waals surface area contributed by atoms with Crippen LogP contribution in [-0.4, -0.2) is 230 Å². The van der Waals surface area contributed by atoms with E-state index in [1.807, 2.05) is 0 Å². The molecule has 4 fully saturated rings. The molecule has 0 amide bonds. The summed E-state index contributed by atoms with van der Waals surface area (Å²) in [6.07, 6.45) is -28.4. The van der Waals surface area contributed by atoms with E-state index < -0.39 is 148 Å². The van der Waals surface area contributed by atoms with Crippen molar-refractivity contribution in [2.24, 2.45) is 0 Å². The smallest absolute Gasteiger partial charge is 0.229 e. The van der Waals surface area contributed by atoms with Crippen molar-refractivity contribution >= 4 is 0 Å². The first-order valence-corrected chi connectivity index (χ1v) is 16.2. The van der Waals surface area contributed by atoms with Gasteiger partial charge in [-0.05, 0) is 12.1 Å². The molecule has 298 valence electrons. The van der Waals surface area contributed by atoms with Crippen molar-refractivity contribution in [3.8, 4) is 11.5 Å². The lowest BCUT2D eigenvalue weighted by Crippen LogP contribution is -2.82. The molecule has 4 saturated heterocycles. The molecule has 0 unspecified atom stereocenters. The van der Waals surface area contributed by atoms with Crippen LogP contribution >= 0.6 is 0 Å². The van der Waals surface area contributed by atoms with E-state index >= 15 is 0 Å². The maximum absolute atomic E-state index is 11.5. The predicted octanol–water partition coefficient (Wildman–Crippen LogP) is -9.53. The molecule has 18 atom stereocenters. The summed E-state index contributed by atoms with van der Waals surface area (Å²) in [5, 5.41) is 170. The van der Waals surface area contributed by atoms with E-state index in [1.54, 1.807) is 0 Å². The van der Waals surface area contributed by atoms with Gasteiger partial charge in [-0.1, -0.05) is 6.07 Å². The normalized spacial score (nSPS) is 50.1. The van der Waals surface area contributed by atoms with E-state index in [1.165, 1.54) is 18.2 Å². The molecule has 0 saturated carbocycles. The topological polar surface area (TPSA) is 379 Å². The lowest BCUT2D eigenvalue weighted by Gasteiger charge is -2.57. The van der Waals surface area contributed by atoms with E-state index in [0.29, 0.717) is 0 Å². The van der Waals surface area contributed by atoms with E-state index in [2.05, 4.69) is 0 Å². The highest BCUT2D eigenvalue weighted by Crippen LogP contribution is 2.45. The molecule has 0 radical (unpaired) electrons. The van der Waals surface area contributed by atoms with Crippen LogP contribution in [0.25, 0.3) is 0 Å². The first-order valence-electron chi connectivity index (χ1n) is 16.2. The average molecular weight is 759 g/mol. The minimum Gasteiger partial charge on any atom is -0.462 e. The van der Waals surface area contributed by atoms with Crippen molar-refractivity contribution in [2.45, 2.75) is 108 Å². The van der Waals surface area contributed by atoms with Gasteiger partial charge in [0.25, 0.3) is 0 Å². The zero-order valence-electron chi connectivity index (χ0n) is 27.2. The van der Waals surface area contributed by atoms with Gasteiger partial charge >= 0.3 is 0 Å². The van der Waals surface area contributed by atoms with Crippen LogP contribution in [0.2, 0.25) is 0 Å². The van der Waals surface area contributed by atoms with Gasteiger partial charge in [-0.2, -0.15) is 0 Å². The molecular formula is C30H46O22. The average Bonchev–Trinajstić information content (AvgIpc) is 3.13. The van der Waals surface area contributed by atoms with Crippen LogP contribution in [-0.2, 0) is 18.9 Å². The van der Waals surface area contributed by atoms with E-state index in [-0.39, 0.29) is 11.5 Å². The Morgan fingerprint density at radius 2 is 0.904 bits per heavy atom. The second-order valence-electron chi connectivity index (χ2n) is 13.4. The molecule has 0 aliphatic carbocycles. The van der Waals surface area contributed by atoms with Crippen LogP contribution in [0.3, 0.4) is 0 Å². The van der Waals surface area contributed by atoms with E-state index in [9.17, 15) is 81.7 Å². The Morgan fingerprint density at radius 3 is 1.23 bits per heavy atom. The maximum atomic E-state index is 11.5. The van der Waals surface area contributed by atoms with Crippen molar-refractivity contribution in [1.82, 2.24) is 0 Å². The van der Waals surface area contributed by atoms with Gasteiger partial charge in [0.15, 0.2) is 22.4 Å². The van der Waals surface area contributed by atoms with Crippen molar-refractivity contribution in [2.75, 3.05) is 39.6 Å². The molecule has 4 aliphatic heterocycles. The quantitative estimate of drug-likeness (QED) is 0.105. The highest BCUT2D eigenvalue weighted by molar-refractivity contribution is 5.34. The van der Waals surface area contributed by atoms with E-state index in [0.717, 1.165) is 6.07 Å². The van der Waals surface area contributed by atoms with Crippen LogP contribution in [0, 0.1) is 0 Å². The summed E-state index contributed by atoms with van der Waals surface area (Å²) in [4.78, 5) is 0. The van der Waals surface area contributed by atoms with Crippen LogP contribution in [0.5, 0.6) is 11.5 Å². The van der Waals surface area contributed by atoms with Gasteiger partial charge in [-0.15, -0.1) is 0 Å². The van der Waals surface area contributed by atoms with Gasteiger partial charge in [-0.25, -0.2) is 0 Å². The summed E-state index contributed by atoms with van der Waals surface area (Å²) in [6, 6.07) is 4.95. The van der Waals surface area contributed by atoms with Crippen LogP contribution in [0.15, 0.2) is 24.3 Å². The SMILES string of the molecule is OC[C@H]1OC[C@](O)([C@]2(O)[C@H](O)[C@@H](O)[C@H](Oc3cccc(O[C@@H]4O[C@H](CO)[C@](O)([C@@]5(O)CO[C@H](CO)[C@@H](O)[C@@H]5O)[C@H](O)[C@H]4O)c3)O[C@@H]2CO)[C@@H](O)[C@@H]1O. The van der Waals surface area contributed by atoms with Crippen LogP contribution in [0.4, 0.5) is 0 Å². The number of hydrogen-bond donors (Lipinski definition) is 16. The lowest BCUT2D eigenvalue weighted by molar-refractivity contribution is -0.384. The Labute approximate surface area is 294 Å². The molecule has 1 aromatic carbocycles. The molecule has 4 aliphatic rings. The molecule has 52 heavy (non-hydrogen) atoms. The zero-order valence-corrected chi connectivity index (χ0v) is 27.2. The number of aliphatic hydroxyl groups is 16. The molecule has 22 heteroatoms. The molecule has 1 aromatic rings. The third-order valence-corrected chi connectivity index (χ3v) is 10.5. The highest BCUT2D eigenvalue weighted by atomic mass is 16.7. The fourth-order valence-electron chi connectivity index (χ4n) is 7.24. The molecule has 4 heterocycles. The third kappa shape index (κ3) is 6.28. The summed E-state index contributed by atoms with van der Waals surface area (Å²) in [6.45, 7) is -5.83. The van der Waals surface area contributed by atoms with Gasteiger partial charge in [-0.3, -0.25) is 0 Å². The van der Waals surface area contributed by atoms with Gasteiger partial charge in [0.2, 0.25) is 12.6 Å². The molecule has 16 N–H and O–H groups in total. The van der Waals surface area contributed by atoms with Gasteiger partial charge in [0.05, 0.1) is 39.6 Å². The van der Waals surface area contributed by atoms with Crippen molar-refractivity contribution in [1.29, 1.82) is 0 Å². The monoisotopic (exact) mass is 758 g/mol. The zero-order chi connectivity index (χ0) is 38.6. The van der Waals surface area contributed by atoms with Crippen LogP contribution in [0.1, 0.15) is 0 Å². The third-order valence-electron chi connectivity index (χ3n) is 10.5. The standard InChI is InChI=1S/C30H46O22/c31-5-13-17(35)21(39)27(43,9-47-13)29(45)15(7-33)51-25(19(37)23(29)41)49-11-2-1-3-12(4-11)50-26-20(38)24(42)30(46,16(8-34)52-26)28(44)10-48-14(6-32)18(36)22(28)40/h1-4,13-26,31-46H,5-10H2/t13-,14-,15-,16-,17-,18-,19-,20-,21+,22+,23-,24-,25-,26-,27-,28-,29-,30-/m1/s1. The summed E-state index contributed by atoms with van der Waals surface area (Å²) >= 11 is 0. The molecule has 5 rings (SSSR count). The summed E-state index contributed by atoms with van der Waals surface area (Å²) in [7, 11) is 0. The van der Waals surface area contributed by atoms with Gasteiger partial charge < -0.3 is 110 Å². The largest absolute Gasteiger partial charge is 0.462 e. The number of ether oxygens (including phenoxy) is 6. The number of aliphatic hydroxyl groups excluding tert-OH is 12. The predicted molar refractivity (Wildman–Crippen MR) is 161 cm³/mol. The van der Waals surface area contributed by atoms with Crippen molar-refractivity contribution < 1.29 is 110 Å². The first kappa shape index (κ1) is 41.2. The number of hydrogen-bond acceptors (Lipinski definition) is 22. The Balaban J connectivity index is 1.32. The Morgan fingerprint density at radius 1 is 0.538 bits per heavy atom. The maximum Gasteiger partial charge on any atom is 0.229 e. The summed E-state index contributed by atoms with van der Waals surface area (Å²) < 4.78 is 32.5. The fraction of sp³-hybridized carbons (Fsp3) is 0.800. The van der Waals surface area contributed by atoms with Crippen LogP contribution < -0.4 is 9.47 Å². The van der Waals surface area contributed by atoms with Gasteiger partial charge in [0.1, 0.15) is 84.7 Å². The van der Waals surface area contributed by atoms with E-state index in [4.69, 9.17) is 28.4 Å². The number of benzene rings is 1. The highest BCUT2D eigenvalue weighted by Gasteiger charge is 2.72. The molecule has 0 spiro atoms. The Hall–Kier alpha value is -1.98. The lowest BCUT2D eigenvalue weighted by atomic mass is 9.67.